The molecule has 0 saturated carbocycles. The fourth-order valence-electron chi connectivity index (χ4n) is 0.425. The molecule has 0 rings (SSSR count). The topological polar surface area (TPSA) is 54.4 Å². The fourth-order valence-corrected chi connectivity index (χ4v) is 0.425. The quantitative estimate of drug-likeness (QED) is 0.535. The molecule has 1 unspecified atom stereocenters. The molecule has 0 amide bonds. The number of hydrogen-bond acceptors (Lipinski definition) is 3. The van der Waals surface area contributed by atoms with E-state index in [2.05, 4.69) is 0 Å². The van der Waals surface area contributed by atoms with Gasteiger partial charge < -0.3 is 14.7 Å². The largest absolute Gasteiger partial charge is 0.385 e. The van der Waals surface area contributed by atoms with Crippen LogP contribution in [0.2, 0.25) is 0 Å². The zero-order chi connectivity index (χ0) is 7.28. The molecule has 0 bridgehead atoms. The Morgan fingerprint density at radius 2 is 2.11 bits per heavy atom. The predicted molar refractivity (Wildman–Crippen MR) is 31.9 cm³/mol. The molecule has 3 heteroatoms. The Hall–Kier alpha value is -0.700. The number of aliphatic hydroxyl groups is 1. The minimum absolute atomic E-state index is 0.236. The van der Waals surface area contributed by atoms with Crippen molar-refractivity contribution in [1.29, 1.82) is 0 Å². The number of aldehydes is 2. The lowest BCUT2D eigenvalue weighted by Crippen LogP contribution is -2.18. The Morgan fingerprint density at radius 3 is 2.44 bits per heavy atom. The van der Waals surface area contributed by atoms with Crippen LogP contribution in [-0.2, 0) is 9.59 Å². The standard InChI is InChI=1S/C6H10O3/c1-5(2-3-7)6(9)4-8/h3-6,9H,2H2,1H3/t5?,6-/m1/s1. The highest BCUT2D eigenvalue weighted by atomic mass is 16.3. The molecule has 52 valence electrons. The maximum Gasteiger partial charge on any atom is 0.148 e. The number of aliphatic hydroxyl groups excluding tert-OH is 1. The highest BCUT2D eigenvalue weighted by molar-refractivity contribution is 5.58. The first-order valence-electron chi connectivity index (χ1n) is 2.79. The van der Waals surface area contributed by atoms with Gasteiger partial charge in [-0.3, -0.25) is 0 Å². The summed E-state index contributed by atoms with van der Waals surface area (Å²) < 4.78 is 0. The zero-order valence-electron chi connectivity index (χ0n) is 5.28. The van der Waals surface area contributed by atoms with Gasteiger partial charge in [0.2, 0.25) is 0 Å². The van der Waals surface area contributed by atoms with Crippen molar-refractivity contribution < 1.29 is 14.7 Å². The summed E-state index contributed by atoms with van der Waals surface area (Å²) in [5.41, 5.74) is 0. The highest BCUT2D eigenvalue weighted by Gasteiger charge is 2.10. The molecule has 0 aliphatic carbocycles. The van der Waals surface area contributed by atoms with E-state index >= 15 is 0 Å². The Labute approximate surface area is 53.7 Å². The van der Waals surface area contributed by atoms with E-state index in [1.807, 2.05) is 0 Å². The second-order valence-corrected chi connectivity index (χ2v) is 2.01. The van der Waals surface area contributed by atoms with Crippen LogP contribution in [0.1, 0.15) is 13.3 Å². The van der Waals surface area contributed by atoms with Crippen LogP contribution in [0.3, 0.4) is 0 Å². The third-order valence-electron chi connectivity index (χ3n) is 1.19. The van der Waals surface area contributed by atoms with E-state index < -0.39 is 6.10 Å². The minimum Gasteiger partial charge on any atom is -0.385 e. The first-order chi connectivity index (χ1) is 4.22. The first-order valence-corrected chi connectivity index (χ1v) is 2.79. The van der Waals surface area contributed by atoms with E-state index in [1.54, 1.807) is 6.92 Å². The Balaban J connectivity index is 3.56. The fraction of sp³-hybridized carbons (Fsp3) is 0.667. The van der Waals surface area contributed by atoms with Gasteiger partial charge in [-0.1, -0.05) is 6.92 Å². The van der Waals surface area contributed by atoms with Crippen LogP contribution in [-0.4, -0.2) is 23.8 Å². The molecule has 0 aromatic carbocycles. The van der Waals surface area contributed by atoms with Gasteiger partial charge >= 0.3 is 0 Å². The van der Waals surface area contributed by atoms with Gasteiger partial charge in [-0.25, -0.2) is 0 Å². The molecule has 0 saturated heterocycles. The van der Waals surface area contributed by atoms with Gasteiger partial charge in [0.25, 0.3) is 0 Å². The van der Waals surface area contributed by atoms with Crippen molar-refractivity contribution in [3.05, 3.63) is 0 Å². The molecule has 0 aliphatic rings. The van der Waals surface area contributed by atoms with Crippen molar-refractivity contribution in [2.24, 2.45) is 5.92 Å². The summed E-state index contributed by atoms with van der Waals surface area (Å²) in [4.78, 5) is 19.7. The van der Waals surface area contributed by atoms with Crippen LogP contribution in [0.25, 0.3) is 0 Å². The zero-order valence-corrected chi connectivity index (χ0v) is 5.28. The maximum atomic E-state index is 9.86. The van der Waals surface area contributed by atoms with E-state index in [0.717, 1.165) is 0 Å². The number of hydrogen-bond donors (Lipinski definition) is 1. The summed E-state index contributed by atoms with van der Waals surface area (Å²) in [5, 5.41) is 8.73. The summed E-state index contributed by atoms with van der Waals surface area (Å²) >= 11 is 0. The average Bonchev–Trinajstić information content (AvgIpc) is 1.87. The number of rotatable bonds is 4. The van der Waals surface area contributed by atoms with E-state index in [4.69, 9.17) is 5.11 Å². The maximum absolute atomic E-state index is 9.86. The van der Waals surface area contributed by atoms with E-state index in [1.165, 1.54) is 0 Å². The van der Waals surface area contributed by atoms with E-state index in [0.29, 0.717) is 12.6 Å². The van der Waals surface area contributed by atoms with Crippen LogP contribution in [0.5, 0.6) is 0 Å². The summed E-state index contributed by atoms with van der Waals surface area (Å²) in [7, 11) is 0. The van der Waals surface area contributed by atoms with Gasteiger partial charge in [0, 0.05) is 6.42 Å². The van der Waals surface area contributed by atoms with Crippen molar-refractivity contribution in [1.82, 2.24) is 0 Å². The third kappa shape index (κ3) is 2.98. The van der Waals surface area contributed by atoms with Crippen LogP contribution in [0.15, 0.2) is 0 Å². The minimum atomic E-state index is -0.991. The lowest BCUT2D eigenvalue weighted by molar-refractivity contribution is -0.118. The van der Waals surface area contributed by atoms with E-state index in [9.17, 15) is 9.59 Å². The van der Waals surface area contributed by atoms with Gasteiger partial charge in [0.05, 0.1) is 0 Å². The summed E-state index contributed by atoms with van der Waals surface area (Å²) in [6.45, 7) is 1.65. The van der Waals surface area contributed by atoms with Crippen molar-refractivity contribution in [3.63, 3.8) is 0 Å². The summed E-state index contributed by atoms with van der Waals surface area (Å²) in [6, 6.07) is 0. The smallest absolute Gasteiger partial charge is 0.148 e. The molecule has 3 nitrogen and oxygen atoms in total. The molecule has 0 aromatic rings. The second kappa shape index (κ2) is 4.21. The molecule has 9 heavy (non-hydrogen) atoms. The molecule has 0 radical (unpaired) electrons. The molecule has 0 spiro atoms. The van der Waals surface area contributed by atoms with Crippen molar-refractivity contribution >= 4 is 12.6 Å². The molecular weight excluding hydrogens is 120 g/mol. The van der Waals surface area contributed by atoms with Gasteiger partial charge in [-0.15, -0.1) is 0 Å². The van der Waals surface area contributed by atoms with Crippen LogP contribution in [0.4, 0.5) is 0 Å². The lowest BCUT2D eigenvalue weighted by atomic mass is 10.0. The molecule has 0 aliphatic heterocycles. The normalized spacial score (nSPS) is 16.2. The average molecular weight is 130 g/mol. The van der Waals surface area contributed by atoms with E-state index in [-0.39, 0.29) is 12.3 Å². The molecule has 0 heterocycles. The number of carbonyl (C=O) groups is 2. The molecule has 1 N–H and O–H groups in total. The van der Waals surface area contributed by atoms with Gasteiger partial charge in [0.1, 0.15) is 18.7 Å². The third-order valence-corrected chi connectivity index (χ3v) is 1.19. The van der Waals surface area contributed by atoms with Crippen molar-refractivity contribution in [2.75, 3.05) is 0 Å². The molecule has 2 atom stereocenters. The second-order valence-electron chi connectivity index (χ2n) is 2.01. The summed E-state index contributed by atoms with van der Waals surface area (Å²) in [6.07, 6.45) is 0.376. The van der Waals surface area contributed by atoms with Gasteiger partial charge in [0.15, 0.2) is 0 Å². The lowest BCUT2D eigenvalue weighted by Gasteiger charge is -2.07. The van der Waals surface area contributed by atoms with Crippen LogP contribution in [0, 0.1) is 5.92 Å². The summed E-state index contributed by atoms with van der Waals surface area (Å²) in [5.74, 6) is -0.250. The molecule has 0 fully saturated rings. The van der Waals surface area contributed by atoms with Crippen LogP contribution >= 0.6 is 0 Å². The number of carbonyl (C=O) groups excluding carboxylic acids is 2. The van der Waals surface area contributed by atoms with Crippen molar-refractivity contribution in [3.8, 4) is 0 Å². The molecule has 0 aromatic heterocycles. The van der Waals surface area contributed by atoms with Gasteiger partial charge in [-0.2, -0.15) is 0 Å². The first kappa shape index (κ1) is 8.30. The SMILES string of the molecule is CC(CC=O)[C@H](O)C=O. The van der Waals surface area contributed by atoms with Crippen molar-refractivity contribution in [2.45, 2.75) is 19.4 Å². The monoisotopic (exact) mass is 130 g/mol. The van der Waals surface area contributed by atoms with Gasteiger partial charge in [-0.05, 0) is 5.92 Å². The Morgan fingerprint density at radius 1 is 1.56 bits per heavy atom. The highest BCUT2D eigenvalue weighted by Crippen LogP contribution is 2.02. The molecular formula is C6H10O3. The predicted octanol–water partition coefficient (Wildman–Crippen LogP) is -0.229. The Kier molecular flexibility index (Phi) is 3.88. The van der Waals surface area contributed by atoms with Crippen LogP contribution < -0.4 is 0 Å². The Bertz CT molecular complexity index is 100.